The zero-order valence-electron chi connectivity index (χ0n) is 25.2. The molecule has 4 aromatic rings. The third-order valence-electron chi connectivity index (χ3n) is 8.09. The van der Waals surface area contributed by atoms with E-state index in [9.17, 15) is 4.79 Å². The summed E-state index contributed by atoms with van der Waals surface area (Å²) in [6, 6.07) is 15.5. The molecule has 2 saturated heterocycles. The van der Waals surface area contributed by atoms with Gasteiger partial charge in [-0.1, -0.05) is 12.1 Å². The second-order valence-electron chi connectivity index (χ2n) is 11.1. The minimum absolute atomic E-state index is 0.301. The number of ether oxygens (including phenoxy) is 2. The molecule has 12 nitrogen and oxygen atoms in total. The van der Waals surface area contributed by atoms with Crippen LogP contribution in [-0.4, -0.2) is 92.0 Å². The maximum absolute atomic E-state index is 12.7. The molecule has 2 aliphatic heterocycles. The van der Waals surface area contributed by atoms with E-state index in [2.05, 4.69) is 30.8 Å². The summed E-state index contributed by atoms with van der Waals surface area (Å²) in [5.74, 6) is 1.53. The minimum atomic E-state index is -0.301. The third kappa shape index (κ3) is 7.33. The van der Waals surface area contributed by atoms with Crippen molar-refractivity contribution in [2.75, 3.05) is 81.7 Å². The summed E-state index contributed by atoms with van der Waals surface area (Å²) in [5, 5.41) is 18.4. The van der Waals surface area contributed by atoms with E-state index >= 15 is 0 Å². The number of fused-ring (bicyclic) bond motifs is 1. The average Bonchev–Trinajstić information content (AvgIpc) is 3.50. The third-order valence-corrected chi connectivity index (χ3v) is 8.09. The van der Waals surface area contributed by atoms with E-state index in [-0.39, 0.29) is 6.03 Å². The van der Waals surface area contributed by atoms with Crippen molar-refractivity contribution in [3.05, 3.63) is 60.3 Å². The first-order chi connectivity index (χ1) is 21.7. The van der Waals surface area contributed by atoms with E-state index < -0.39 is 0 Å². The van der Waals surface area contributed by atoms with Crippen LogP contribution in [0.25, 0.3) is 22.4 Å². The number of benzene rings is 2. The first kappa shape index (κ1) is 29.9. The van der Waals surface area contributed by atoms with Gasteiger partial charge in [0.05, 0.1) is 37.4 Å². The number of hydrogen-bond acceptors (Lipinski definition) is 9. The maximum atomic E-state index is 12.7. The molecular weight excluding hydrogens is 558 g/mol. The number of carbonyl (C=O) groups excluding carboxylic acids is 1. The Morgan fingerprint density at radius 3 is 2.39 bits per heavy atom. The van der Waals surface area contributed by atoms with Crippen LogP contribution < -0.4 is 26.2 Å². The molecule has 2 fully saturated rings. The minimum Gasteiger partial charge on any atom is -0.383 e. The Hall–Kier alpha value is -4.10. The number of amides is 2. The van der Waals surface area contributed by atoms with Gasteiger partial charge in [0.15, 0.2) is 11.5 Å². The molecule has 44 heavy (non-hydrogen) atoms. The molecule has 6 rings (SSSR count). The van der Waals surface area contributed by atoms with Gasteiger partial charge in [-0.25, -0.2) is 19.4 Å². The molecule has 2 amide bonds. The SMILES string of the molecule is COCCNCCc1ccc(NC(=O)Nc2ccc(-c3nc(N4CCOCC4)c4cnn(C5CCNCC5)c4n3)cc2)cc1. The molecule has 2 aromatic heterocycles. The number of nitrogens with one attached hydrogen (secondary N) is 4. The highest BCUT2D eigenvalue weighted by Crippen LogP contribution is 2.31. The van der Waals surface area contributed by atoms with Crippen molar-refractivity contribution in [3.63, 3.8) is 0 Å². The van der Waals surface area contributed by atoms with Gasteiger partial charge in [0.1, 0.15) is 5.82 Å². The van der Waals surface area contributed by atoms with Crippen molar-refractivity contribution in [1.82, 2.24) is 30.4 Å². The number of rotatable bonds is 11. The van der Waals surface area contributed by atoms with Crippen LogP contribution in [0.2, 0.25) is 0 Å². The second kappa shape index (κ2) is 14.6. The van der Waals surface area contributed by atoms with Gasteiger partial charge < -0.3 is 35.6 Å². The van der Waals surface area contributed by atoms with Crippen molar-refractivity contribution in [2.45, 2.75) is 25.3 Å². The van der Waals surface area contributed by atoms with E-state index in [0.717, 1.165) is 86.6 Å². The first-order valence-corrected chi connectivity index (χ1v) is 15.4. The van der Waals surface area contributed by atoms with Crippen LogP contribution in [-0.2, 0) is 15.9 Å². The second-order valence-corrected chi connectivity index (χ2v) is 11.1. The van der Waals surface area contributed by atoms with Crippen LogP contribution in [0, 0.1) is 0 Å². The van der Waals surface area contributed by atoms with Gasteiger partial charge in [0, 0.05) is 43.7 Å². The summed E-state index contributed by atoms with van der Waals surface area (Å²) in [7, 11) is 1.70. The van der Waals surface area contributed by atoms with E-state index in [1.807, 2.05) is 54.7 Å². The molecule has 0 bridgehead atoms. The molecule has 0 saturated carbocycles. The number of morpholine rings is 1. The molecule has 0 atom stereocenters. The van der Waals surface area contributed by atoms with Crippen molar-refractivity contribution in [3.8, 4) is 11.4 Å². The van der Waals surface area contributed by atoms with E-state index in [4.69, 9.17) is 24.5 Å². The van der Waals surface area contributed by atoms with Gasteiger partial charge in [0.25, 0.3) is 0 Å². The fourth-order valence-corrected chi connectivity index (χ4v) is 5.66. The molecule has 2 aliphatic rings. The predicted octanol–water partition coefficient (Wildman–Crippen LogP) is 3.68. The smallest absolute Gasteiger partial charge is 0.323 e. The topological polar surface area (TPSA) is 130 Å². The lowest BCUT2D eigenvalue weighted by atomic mass is 10.1. The van der Waals surface area contributed by atoms with Gasteiger partial charge in [-0.05, 0) is 80.9 Å². The lowest BCUT2D eigenvalue weighted by molar-refractivity contribution is 0.122. The van der Waals surface area contributed by atoms with Gasteiger partial charge in [-0.3, -0.25) is 0 Å². The monoisotopic (exact) mass is 599 g/mol. The Balaban J connectivity index is 1.14. The van der Waals surface area contributed by atoms with Crippen molar-refractivity contribution < 1.29 is 14.3 Å². The normalized spacial score (nSPS) is 15.9. The number of urea groups is 1. The van der Waals surface area contributed by atoms with Crippen LogP contribution in [0.4, 0.5) is 22.0 Å². The summed E-state index contributed by atoms with van der Waals surface area (Å²) >= 11 is 0. The van der Waals surface area contributed by atoms with E-state index in [0.29, 0.717) is 37.4 Å². The summed E-state index contributed by atoms with van der Waals surface area (Å²) < 4.78 is 12.7. The highest BCUT2D eigenvalue weighted by Gasteiger charge is 2.24. The lowest BCUT2D eigenvalue weighted by Crippen LogP contribution is -2.37. The molecule has 2 aromatic carbocycles. The maximum Gasteiger partial charge on any atom is 0.323 e. The van der Waals surface area contributed by atoms with Crippen LogP contribution in [0.15, 0.2) is 54.7 Å². The van der Waals surface area contributed by atoms with Crippen LogP contribution in [0.3, 0.4) is 0 Å². The van der Waals surface area contributed by atoms with Crippen LogP contribution >= 0.6 is 0 Å². The molecule has 0 spiro atoms. The quantitative estimate of drug-likeness (QED) is 0.191. The van der Waals surface area contributed by atoms with Gasteiger partial charge in [-0.15, -0.1) is 0 Å². The Morgan fingerprint density at radius 1 is 0.977 bits per heavy atom. The number of methoxy groups -OCH3 is 1. The molecule has 12 heteroatoms. The zero-order valence-corrected chi connectivity index (χ0v) is 25.2. The van der Waals surface area contributed by atoms with Crippen molar-refractivity contribution >= 4 is 34.3 Å². The average molecular weight is 600 g/mol. The van der Waals surface area contributed by atoms with Gasteiger partial charge >= 0.3 is 6.03 Å². The standard InChI is InChI=1S/C32H41N9O3/c1-43-19-16-34-13-10-23-2-6-25(7-3-23)36-32(42)37-26-8-4-24(5-9-26)29-38-30(40-17-20-44-21-18-40)28-22-35-41(31(28)39-29)27-11-14-33-15-12-27/h2-9,22,27,33-34H,10-21H2,1H3,(H2,36,37,42). The van der Waals surface area contributed by atoms with Crippen molar-refractivity contribution in [2.24, 2.45) is 0 Å². The fourth-order valence-electron chi connectivity index (χ4n) is 5.66. The van der Waals surface area contributed by atoms with Crippen LogP contribution in [0.5, 0.6) is 0 Å². The van der Waals surface area contributed by atoms with E-state index in [1.165, 1.54) is 5.56 Å². The molecule has 0 unspecified atom stereocenters. The molecule has 0 aliphatic carbocycles. The first-order valence-electron chi connectivity index (χ1n) is 15.4. The highest BCUT2D eigenvalue weighted by molar-refractivity contribution is 5.99. The van der Waals surface area contributed by atoms with E-state index in [1.54, 1.807) is 7.11 Å². The van der Waals surface area contributed by atoms with Crippen molar-refractivity contribution in [1.29, 1.82) is 0 Å². The molecular formula is C32H41N9O3. The lowest BCUT2D eigenvalue weighted by Gasteiger charge is -2.28. The molecule has 232 valence electrons. The van der Waals surface area contributed by atoms with Gasteiger partial charge in [-0.2, -0.15) is 5.10 Å². The number of carbonyl (C=O) groups is 1. The summed E-state index contributed by atoms with van der Waals surface area (Å²) in [4.78, 5) is 25.0. The summed E-state index contributed by atoms with van der Waals surface area (Å²) in [6.45, 7) is 7.24. The Bertz CT molecular complexity index is 1510. The fraction of sp³-hybridized carbons (Fsp3) is 0.438. The molecule has 4 heterocycles. The number of anilines is 3. The number of piperidine rings is 1. The summed E-state index contributed by atoms with van der Waals surface area (Å²) in [5.41, 5.74) is 4.35. The van der Waals surface area contributed by atoms with Gasteiger partial charge in [0.2, 0.25) is 0 Å². The largest absolute Gasteiger partial charge is 0.383 e. The summed E-state index contributed by atoms with van der Waals surface area (Å²) in [6.07, 6.45) is 4.85. The Labute approximate surface area is 257 Å². The number of aromatic nitrogens is 4. The predicted molar refractivity (Wildman–Crippen MR) is 172 cm³/mol. The number of nitrogens with zero attached hydrogens (tertiary/aromatic N) is 5. The molecule has 0 radical (unpaired) electrons. The zero-order chi connectivity index (χ0) is 30.1. The number of hydrogen-bond donors (Lipinski definition) is 4. The highest BCUT2D eigenvalue weighted by atomic mass is 16.5. The van der Waals surface area contributed by atoms with Crippen LogP contribution in [0.1, 0.15) is 24.4 Å². The molecule has 4 N–H and O–H groups in total. The Kier molecular flexibility index (Phi) is 9.93. The Morgan fingerprint density at radius 2 is 1.68 bits per heavy atom.